The molecule has 90 valence electrons. The fourth-order valence-corrected chi connectivity index (χ4v) is 2.22. The van der Waals surface area contributed by atoms with E-state index in [0.29, 0.717) is 12.6 Å². The molecule has 0 radical (unpaired) electrons. The molecule has 1 saturated heterocycles. The summed E-state index contributed by atoms with van der Waals surface area (Å²) in [5.41, 5.74) is 0. The van der Waals surface area contributed by atoms with Crippen LogP contribution in [0.3, 0.4) is 0 Å². The van der Waals surface area contributed by atoms with E-state index in [9.17, 15) is 0 Å². The molecule has 0 saturated carbocycles. The van der Waals surface area contributed by atoms with E-state index in [1.54, 1.807) is 0 Å². The van der Waals surface area contributed by atoms with Gasteiger partial charge in [-0.25, -0.2) is 0 Å². The molecule has 0 aromatic rings. The summed E-state index contributed by atoms with van der Waals surface area (Å²) in [4.78, 5) is 2.42. The minimum absolute atomic E-state index is 0.341. The molecule has 15 heavy (non-hydrogen) atoms. The molecule has 1 heterocycles. The smallest absolute Gasteiger partial charge is 0.0431 e. The molecule has 2 N–H and O–H groups in total. The van der Waals surface area contributed by atoms with Crippen molar-refractivity contribution in [1.82, 2.24) is 10.2 Å². The van der Waals surface area contributed by atoms with E-state index in [-0.39, 0.29) is 0 Å². The van der Waals surface area contributed by atoms with Crippen LogP contribution in [0.4, 0.5) is 0 Å². The SMILES string of the molecule is CN(CCCCCO)CC1CCCCN1. The molecule has 3 heteroatoms. The summed E-state index contributed by atoms with van der Waals surface area (Å²) >= 11 is 0. The van der Waals surface area contributed by atoms with Crippen molar-refractivity contribution in [2.75, 3.05) is 33.3 Å². The third-order valence-electron chi connectivity index (χ3n) is 3.14. The molecule has 0 bridgehead atoms. The molecule has 1 rings (SSSR count). The second-order valence-corrected chi connectivity index (χ2v) is 4.69. The average Bonchev–Trinajstić information content (AvgIpc) is 2.26. The molecule has 1 aliphatic rings. The number of rotatable bonds is 7. The lowest BCUT2D eigenvalue weighted by atomic mass is 10.0. The van der Waals surface area contributed by atoms with Gasteiger partial charge in [0, 0.05) is 19.2 Å². The second kappa shape index (κ2) is 8.08. The third-order valence-corrected chi connectivity index (χ3v) is 3.14. The Morgan fingerprint density at radius 3 is 2.80 bits per heavy atom. The zero-order valence-electron chi connectivity index (χ0n) is 10.0. The lowest BCUT2D eigenvalue weighted by Crippen LogP contribution is -2.42. The molecule has 0 spiro atoms. The van der Waals surface area contributed by atoms with E-state index in [4.69, 9.17) is 5.11 Å². The molecule has 1 aliphatic heterocycles. The fourth-order valence-electron chi connectivity index (χ4n) is 2.22. The summed E-state index contributed by atoms with van der Waals surface area (Å²) in [6.45, 7) is 3.88. The summed E-state index contributed by atoms with van der Waals surface area (Å²) in [5, 5.41) is 12.2. The van der Waals surface area contributed by atoms with Gasteiger partial charge in [-0.1, -0.05) is 6.42 Å². The first-order valence-electron chi connectivity index (χ1n) is 6.35. The van der Waals surface area contributed by atoms with Crippen LogP contribution in [-0.4, -0.2) is 49.3 Å². The van der Waals surface area contributed by atoms with Crippen molar-refractivity contribution in [3.63, 3.8) is 0 Å². The van der Waals surface area contributed by atoms with Crippen molar-refractivity contribution < 1.29 is 5.11 Å². The van der Waals surface area contributed by atoms with Gasteiger partial charge >= 0.3 is 0 Å². The van der Waals surface area contributed by atoms with Gasteiger partial charge < -0.3 is 15.3 Å². The monoisotopic (exact) mass is 214 g/mol. The van der Waals surface area contributed by atoms with Gasteiger partial charge in [0.1, 0.15) is 0 Å². The Balaban J connectivity index is 1.98. The number of hydrogen-bond donors (Lipinski definition) is 2. The summed E-state index contributed by atoms with van der Waals surface area (Å²) in [7, 11) is 2.20. The number of aliphatic hydroxyl groups is 1. The van der Waals surface area contributed by atoms with Crippen molar-refractivity contribution in [1.29, 1.82) is 0 Å². The van der Waals surface area contributed by atoms with Crippen molar-refractivity contribution in [2.24, 2.45) is 0 Å². The van der Waals surface area contributed by atoms with E-state index in [1.165, 1.54) is 38.8 Å². The Hall–Kier alpha value is -0.120. The predicted octanol–water partition coefficient (Wildman–Crippen LogP) is 1.22. The number of unbranched alkanes of at least 4 members (excludes halogenated alkanes) is 2. The average molecular weight is 214 g/mol. The van der Waals surface area contributed by atoms with Crippen LogP contribution in [0.1, 0.15) is 38.5 Å². The first-order valence-corrected chi connectivity index (χ1v) is 6.35. The minimum atomic E-state index is 0.341. The van der Waals surface area contributed by atoms with E-state index in [0.717, 1.165) is 19.4 Å². The predicted molar refractivity (Wildman–Crippen MR) is 64.1 cm³/mol. The molecule has 0 amide bonds. The van der Waals surface area contributed by atoms with Crippen molar-refractivity contribution >= 4 is 0 Å². The Morgan fingerprint density at radius 1 is 1.27 bits per heavy atom. The van der Waals surface area contributed by atoms with Gasteiger partial charge in [-0.15, -0.1) is 0 Å². The number of piperidine rings is 1. The topological polar surface area (TPSA) is 35.5 Å². The number of aliphatic hydroxyl groups excluding tert-OH is 1. The number of hydrogen-bond acceptors (Lipinski definition) is 3. The van der Waals surface area contributed by atoms with Crippen LogP contribution in [0.25, 0.3) is 0 Å². The highest BCUT2D eigenvalue weighted by Gasteiger charge is 2.13. The van der Waals surface area contributed by atoms with Crippen molar-refractivity contribution in [3.05, 3.63) is 0 Å². The van der Waals surface area contributed by atoms with E-state index in [1.807, 2.05) is 0 Å². The van der Waals surface area contributed by atoms with Crippen LogP contribution >= 0.6 is 0 Å². The van der Waals surface area contributed by atoms with Crippen LogP contribution in [0.5, 0.6) is 0 Å². The highest BCUT2D eigenvalue weighted by Crippen LogP contribution is 2.08. The minimum Gasteiger partial charge on any atom is -0.396 e. The number of likely N-dealkylation sites (N-methyl/N-ethyl adjacent to an activating group) is 1. The summed E-state index contributed by atoms with van der Waals surface area (Å²) in [5.74, 6) is 0. The molecule has 1 unspecified atom stereocenters. The molecular formula is C12H26N2O. The highest BCUT2D eigenvalue weighted by atomic mass is 16.2. The van der Waals surface area contributed by atoms with Crippen molar-refractivity contribution in [3.8, 4) is 0 Å². The maximum Gasteiger partial charge on any atom is 0.0431 e. The first-order chi connectivity index (χ1) is 7.33. The van der Waals surface area contributed by atoms with Crippen LogP contribution in [0.2, 0.25) is 0 Å². The van der Waals surface area contributed by atoms with Gasteiger partial charge in [-0.3, -0.25) is 0 Å². The fraction of sp³-hybridized carbons (Fsp3) is 1.00. The van der Waals surface area contributed by atoms with Gasteiger partial charge in [-0.05, 0) is 52.2 Å². The van der Waals surface area contributed by atoms with Crippen LogP contribution in [0.15, 0.2) is 0 Å². The van der Waals surface area contributed by atoms with E-state index < -0.39 is 0 Å². The molecule has 0 aliphatic carbocycles. The van der Waals surface area contributed by atoms with Crippen molar-refractivity contribution in [2.45, 2.75) is 44.6 Å². The Labute approximate surface area is 93.9 Å². The Bertz CT molecular complexity index is 147. The Morgan fingerprint density at radius 2 is 2.13 bits per heavy atom. The summed E-state index contributed by atoms with van der Waals surface area (Å²) in [6, 6.07) is 0.710. The largest absolute Gasteiger partial charge is 0.396 e. The molecule has 0 aromatic carbocycles. The highest BCUT2D eigenvalue weighted by molar-refractivity contribution is 4.74. The lowest BCUT2D eigenvalue weighted by Gasteiger charge is -2.28. The standard InChI is InChI=1S/C12H26N2O/c1-14(9-5-2-6-10-15)11-12-7-3-4-8-13-12/h12-13,15H,2-11H2,1H3. The Kier molecular flexibility index (Phi) is 6.98. The van der Waals surface area contributed by atoms with Crippen LogP contribution in [-0.2, 0) is 0 Å². The van der Waals surface area contributed by atoms with Gasteiger partial charge in [0.15, 0.2) is 0 Å². The summed E-state index contributed by atoms with van der Waals surface area (Å²) in [6.07, 6.45) is 7.38. The van der Waals surface area contributed by atoms with Gasteiger partial charge in [0.2, 0.25) is 0 Å². The second-order valence-electron chi connectivity index (χ2n) is 4.69. The molecule has 3 nitrogen and oxygen atoms in total. The normalized spacial score (nSPS) is 22.2. The number of nitrogens with zero attached hydrogens (tertiary/aromatic N) is 1. The quantitative estimate of drug-likeness (QED) is 0.626. The van der Waals surface area contributed by atoms with Gasteiger partial charge in [-0.2, -0.15) is 0 Å². The first kappa shape index (κ1) is 12.9. The van der Waals surface area contributed by atoms with E-state index in [2.05, 4.69) is 17.3 Å². The maximum atomic E-state index is 8.67. The zero-order chi connectivity index (χ0) is 10.9. The zero-order valence-corrected chi connectivity index (χ0v) is 10.0. The molecular weight excluding hydrogens is 188 g/mol. The van der Waals surface area contributed by atoms with Crippen LogP contribution in [0, 0.1) is 0 Å². The maximum absolute atomic E-state index is 8.67. The van der Waals surface area contributed by atoms with Gasteiger partial charge in [0.05, 0.1) is 0 Å². The third kappa shape index (κ3) is 6.13. The number of nitrogens with one attached hydrogen (secondary N) is 1. The molecule has 0 aromatic heterocycles. The molecule has 1 atom stereocenters. The van der Waals surface area contributed by atoms with Crippen LogP contribution < -0.4 is 5.32 Å². The van der Waals surface area contributed by atoms with Gasteiger partial charge in [0.25, 0.3) is 0 Å². The lowest BCUT2D eigenvalue weighted by molar-refractivity contribution is 0.248. The van der Waals surface area contributed by atoms with E-state index >= 15 is 0 Å². The molecule has 1 fully saturated rings. The summed E-state index contributed by atoms with van der Waals surface area (Å²) < 4.78 is 0.